The number of rotatable bonds is 2. The van der Waals surface area contributed by atoms with Gasteiger partial charge in [-0.3, -0.25) is 0 Å². The quantitative estimate of drug-likeness (QED) is 0.815. The molecule has 1 aromatic rings. The Hall–Kier alpha value is -0.820. The highest BCUT2D eigenvalue weighted by Crippen LogP contribution is 2.18. The Labute approximate surface area is 107 Å². The van der Waals surface area contributed by atoms with E-state index in [-0.39, 0.29) is 0 Å². The molecule has 0 bridgehead atoms. The second kappa shape index (κ2) is 7.50. The molecule has 1 heterocycles. The second-order valence-electron chi connectivity index (χ2n) is 4.92. The molecule has 1 nitrogen and oxygen atoms in total. The Balaban J connectivity index is 0.000000686. The third-order valence-electron chi connectivity index (χ3n) is 3.49. The van der Waals surface area contributed by atoms with E-state index in [1.807, 2.05) is 13.8 Å². The molecule has 1 aliphatic rings. The van der Waals surface area contributed by atoms with E-state index in [9.17, 15) is 0 Å². The SMILES string of the molecule is CC.Cc1ccccc1CC1CCC(C)CN1. The van der Waals surface area contributed by atoms with Crippen molar-refractivity contribution in [3.8, 4) is 0 Å². The van der Waals surface area contributed by atoms with E-state index in [1.54, 1.807) is 0 Å². The van der Waals surface area contributed by atoms with Crippen molar-refractivity contribution in [2.45, 2.75) is 53.0 Å². The molecule has 0 spiro atoms. The van der Waals surface area contributed by atoms with E-state index in [2.05, 4.69) is 43.4 Å². The highest BCUT2D eigenvalue weighted by molar-refractivity contribution is 5.26. The van der Waals surface area contributed by atoms with Crippen LogP contribution in [0.3, 0.4) is 0 Å². The van der Waals surface area contributed by atoms with Crippen molar-refractivity contribution in [2.75, 3.05) is 6.54 Å². The lowest BCUT2D eigenvalue weighted by atomic mass is 9.91. The van der Waals surface area contributed by atoms with E-state index in [4.69, 9.17) is 0 Å². The zero-order valence-electron chi connectivity index (χ0n) is 11.8. The molecule has 0 amide bonds. The summed E-state index contributed by atoms with van der Waals surface area (Å²) < 4.78 is 0. The molecule has 2 rings (SSSR count). The molecule has 0 saturated carbocycles. The molecular formula is C16H27N. The van der Waals surface area contributed by atoms with Gasteiger partial charge in [0.15, 0.2) is 0 Å². The summed E-state index contributed by atoms with van der Waals surface area (Å²) in [6.45, 7) is 9.73. The van der Waals surface area contributed by atoms with Crippen LogP contribution in [-0.4, -0.2) is 12.6 Å². The fourth-order valence-electron chi connectivity index (χ4n) is 2.34. The first kappa shape index (κ1) is 14.2. The minimum absolute atomic E-state index is 0.697. The Morgan fingerprint density at radius 2 is 1.88 bits per heavy atom. The summed E-state index contributed by atoms with van der Waals surface area (Å²) in [5, 5.41) is 3.64. The van der Waals surface area contributed by atoms with Gasteiger partial charge in [0.2, 0.25) is 0 Å². The van der Waals surface area contributed by atoms with Crippen LogP contribution in [0, 0.1) is 12.8 Å². The van der Waals surface area contributed by atoms with Crippen LogP contribution in [0.2, 0.25) is 0 Å². The molecule has 2 atom stereocenters. The number of hydrogen-bond acceptors (Lipinski definition) is 1. The van der Waals surface area contributed by atoms with Crippen molar-refractivity contribution in [1.82, 2.24) is 5.32 Å². The van der Waals surface area contributed by atoms with E-state index < -0.39 is 0 Å². The first-order chi connectivity index (χ1) is 8.25. The highest BCUT2D eigenvalue weighted by Gasteiger charge is 2.17. The van der Waals surface area contributed by atoms with E-state index in [0.29, 0.717) is 6.04 Å². The molecule has 0 radical (unpaired) electrons. The van der Waals surface area contributed by atoms with Gasteiger partial charge in [-0.15, -0.1) is 0 Å². The second-order valence-corrected chi connectivity index (χ2v) is 4.92. The van der Waals surface area contributed by atoms with Gasteiger partial charge in [0.05, 0.1) is 0 Å². The Bertz CT molecular complexity index is 311. The maximum Gasteiger partial charge on any atom is 0.0108 e. The van der Waals surface area contributed by atoms with Gasteiger partial charge in [-0.1, -0.05) is 45.0 Å². The average molecular weight is 233 g/mol. The van der Waals surface area contributed by atoms with Crippen molar-refractivity contribution < 1.29 is 0 Å². The maximum atomic E-state index is 3.64. The summed E-state index contributed by atoms with van der Waals surface area (Å²) in [5.74, 6) is 0.859. The van der Waals surface area contributed by atoms with Crippen molar-refractivity contribution >= 4 is 0 Å². The summed E-state index contributed by atoms with van der Waals surface area (Å²) in [4.78, 5) is 0. The normalized spacial score (nSPS) is 23.8. The van der Waals surface area contributed by atoms with Crippen LogP contribution in [0.15, 0.2) is 24.3 Å². The van der Waals surface area contributed by atoms with Gasteiger partial charge >= 0.3 is 0 Å². The van der Waals surface area contributed by atoms with Crippen LogP contribution in [0.25, 0.3) is 0 Å². The van der Waals surface area contributed by atoms with Gasteiger partial charge < -0.3 is 5.32 Å². The number of aryl methyl sites for hydroxylation is 1. The summed E-state index contributed by atoms with van der Waals surface area (Å²) in [6, 6.07) is 9.43. The molecular weight excluding hydrogens is 206 g/mol. The molecule has 1 heteroatoms. The lowest BCUT2D eigenvalue weighted by Gasteiger charge is -2.28. The van der Waals surface area contributed by atoms with Crippen molar-refractivity contribution in [2.24, 2.45) is 5.92 Å². The highest BCUT2D eigenvalue weighted by atomic mass is 14.9. The lowest BCUT2D eigenvalue weighted by molar-refractivity contribution is 0.326. The van der Waals surface area contributed by atoms with Crippen molar-refractivity contribution in [3.63, 3.8) is 0 Å². The largest absolute Gasteiger partial charge is 0.313 e. The summed E-state index contributed by atoms with van der Waals surface area (Å²) in [5.41, 5.74) is 2.93. The van der Waals surface area contributed by atoms with E-state index >= 15 is 0 Å². The third kappa shape index (κ3) is 4.51. The smallest absolute Gasteiger partial charge is 0.0108 e. The predicted molar refractivity (Wildman–Crippen MR) is 76.4 cm³/mol. The molecule has 1 fully saturated rings. The van der Waals surface area contributed by atoms with Crippen LogP contribution >= 0.6 is 0 Å². The molecule has 17 heavy (non-hydrogen) atoms. The number of benzene rings is 1. The summed E-state index contributed by atoms with van der Waals surface area (Å²) in [6.07, 6.45) is 3.90. The van der Waals surface area contributed by atoms with Gasteiger partial charge in [0.1, 0.15) is 0 Å². The van der Waals surface area contributed by atoms with Crippen LogP contribution in [0.5, 0.6) is 0 Å². The molecule has 0 aliphatic carbocycles. The fourth-order valence-corrected chi connectivity index (χ4v) is 2.34. The van der Waals surface area contributed by atoms with Crippen molar-refractivity contribution in [1.29, 1.82) is 0 Å². The standard InChI is InChI=1S/C14H21N.C2H6/c1-11-7-8-14(15-10-11)9-13-6-4-3-5-12(13)2;1-2/h3-6,11,14-15H,7-10H2,1-2H3;1-2H3. The van der Waals surface area contributed by atoms with Gasteiger partial charge in [-0.05, 0) is 49.8 Å². The van der Waals surface area contributed by atoms with E-state index in [0.717, 1.165) is 5.92 Å². The minimum atomic E-state index is 0.697. The van der Waals surface area contributed by atoms with Crippen molar-refractivity contribution in [3.05, 3.63) is 35.4 Å². The Kier molecular flexibility index (Phi) is 6.28. The Morgan fingerprint density at radius 1 is 1.18 bits per heavy atom. The molecule has 1 aromatic carbocycles. The zero-order chi connectivity index (χ0) is 12.7. The van der Waals surface area contributed by atoms with Gasteiger partial charge in [0.25, 0.3) is 0 Å². The van der Waals surface area contributed by atoms with Crippen LogP contribution in [-0.2, 0) is 6.42 Å². The van der Waals surface area contributed by atoms with Crippen LogP contribution in [0.1, 0.15) is 44.7 Å². The first-order valence-corrected chi connectivity index (χ1v) is 7.03. The topological polar surface area (TPSA) is 12.0 Å². The maximum absolute atomic E-state index is 3.64. The number of hydrogen-bond donors (Lipinski definition) is 1. The van der Waals surface area contributed by atoms with Gasteiger partial charge in [0, 0.05) is 6.04 Å². The number of piperidine rings is 1. The Morgan fingerprint density at radius 3 is 2.47 bits per heavy atom. The van der Waals surface area contributed by atoms with Crippen LogP contribution < -0.4 is 5.32 Å². The summed E-state index contributed by atoms with van der Waals surface area (Å²) in [7, 11) is 0. The average Bonchev–Trinajstić information content (AvgIpc) is 2.37. The molecule has 0 aromatic heterocycles. The minimum Gasteiger partial charge on any atom is -0.313 e. The number of nitrogens with one attached hydrogen (secondary N) is 1. The lowest BCUT2D eigenvalue weighted by Crippen LogP contribution is -2.39. The van der Waals surface area contributed by atoms with E-state index in [1.165, 1.54) is 36.9 Å². The third-order valence-corrected chi connectivity index (χ3v) is 3.49. The van der Waals surface area contributed by atoms with Gasteiger partial charge in [-0.2, -0.15) is 0 Å². The molecule has 1 N–H and O–H groups in total. The van der Waals surface area contributed by atoms with Crippen LogP contribution in [0.4, 0.5) is 0 Å². The fraction of sp³-hybridized carbons (Fsp3) is 0.625. The molecule has 96 valence electrons. The molecule has 1 saturated heterocycles. The monoisotopic (exact) mass is 233 g/mol. The van der Waals surface area contributed by atoms with Gasteiger partial charge in [-0.25, -0.2) is 0 Å². The predicted octanol–water partition coefficient (Wildman–Crippen LogP) is 3.95. The molecule has 2 unspecified atom stereocenters. The first-order valence-electron chi connectivity index (χ1n) is 7.03. The molecule has 1 aliphatic heterocycles. The zero-order valence-corrected chi connectivity index (χ0v) is 11.8. The summed E-state index contributed by atoms with van der Waals surface area (Å²) >= 11 is 0.